The number of rotatable bonds is 5. The zero-order chi connectivity index (χ0) is 20.2. The van der Waals surface area contributed by atoms with E-state index in [1.54, 1.807) is 18.2 Å². The number of benzene rings is 1. The van der Waals surface area contributed by atoms with Crippen molar-refractivity contribution < 1.29 is 18.0 Å². The van der Waals surface area contributed by atoms with Crippen molar-refractivity contribution in [3.8, 4) is 0 Å². The maximum absolute atomic E-state index is 12.8. The monoisotopic (exact) mass is 402 g/mol. The number of carbonyl (C=O) groups is 1. The van der Waals surface area contributed by atoms with Crippen LogP contribution in [-0.2, 0) is 11.3 Å². The van der Waals surface area contributed by atoms with Crippen molar-refractivity contribution in [1.29, 1.82) is 5.41 Å². The molecule has 27 heavy (non-hydrogen) atoms. The van der Waals surface area contributed by atoms with Gasteiger partial charge in [0.15, 0.2) is 0 Å². The molecule has 0 bridgehead atoms. The molecule has 0 radical (unpaired) electrons. The second-order valence-electron chi connectivity index (χ2n) is 6.59. The van der Waals surface area contributed by atoms with Gasteiger partial charge in [-0.25, -0.2) is 0 Å². The number of alkyl halides is 3. The highest BCUT2D eigenvalue weighted by atomic mass is 35.5. The molecule has 2 rings (SSSR count). The Balaban J connectivity index is 2.30. The Morgan fingerprint density at radius 2 is 1.93 bits per heavy atom. The molecule has 1 fully saturated rings. The molecular formula is C18H22ClF3N4O. The van der Waals surface area contributed by atoms with Gasteiger partial charge < -0.3 is 16.4 Å². The van der Waals surface area contributed by atoms with Gasteiger partial charge in [-0.3, -0.25) is 10.2 Å². The van der Waals surface area contributed by atoms with Crippen LogP contribution in [0, 0.1) is 5.41 Å². The van der Waals surface area contributed by atoms with E-state index in [0.29, 0.717) is 22.3 Å². The van der Waals surface area contributed by atoms with Gasteiger partial charge in [-0.05, 0) is 42.7 Å². The van der Waals surface area contributed by atoms with E-state index in [2.05, 4.69) is 0 Å². The van der Waals surface area contributed by atoms with Crippen molar-refractivity contribution in [3.63, 3.8) is 0 Å². The molecule has 0 atom stereocenters. The molecule has 1 saturated carbocycles. The summed E-state index contributed by atoms with van der Waals surface area (Å²) in [6, 6.07) is 4.66. The molecule has 9 heteroatoms. The van der Waals surface area contributed by atoms with Crippen LogP contribution in [0.2, 0.25) is 5.02 Å². The summed E-state index contributed by atoms with van der Waals surface area (Å²) in [4.78, 5) is 14.2. The van der Waals surface area contributed by atoms with Gasteiger partial charge in [0.25, 0.3) is 5.91 Å². The average Bonchev–Trinajstić information content (AvgIpc) is 2.61. The lowest BCUT2D eigenvalue weighted by atomic mass is 9.93. The molecule has 0 heterocycles. The fraction of sp³-hybridized carbons (Fsp3) is 0.444. The summed E-state index contributed by atoms with van der Waals surface area (Å²) >= 11 is 6.18. The predicted molar refractivity (Wildman–Crippen MR) is 99.3 cm³/mol. The van der Waals surface area contributed by atoms with E-state index < -0.39 is 23.5 Å². The van der Waals surface area contributed by atoms with Crippen molar-refractivity contribution in [2.45, 2.75) is 50.9 Å². The van der Waals surface area contributed by atoms with Crippen LogP contribution in [0.15, 0.2) is 30.0 Å². The van der Waals surface area contributed by atoms with E-state index in [0.717, 1.165) is 32.1 Å². The first kappa shape index (κ1) is 21.1. The first-order valence-electron chi connectivity index (χ1n) is 8.57. The van der Waals surface area contributed by atoms with Crippen LogP contribution in [0.3, 0.4) is 0 Å². The fourth-order valence-corrected chi connectivity index (χ4v) is 3.29. The number of amides is 1. The third-order valence-corrected chi connectivity index (χ3v) is 4.91. The standard InChI is InChI=1S/C18H22ClF3N4O/c19-14-7-6-12(23)8-11(14)10-26(13-4-2-1-3-5-13)17(27)15(24)9-16(25)18(20,21)22/h6-9,13,24H,1-5,10,23,25H2. The number of carbonyl (C=O) groups excluding carboxylic acids is 1. The molecule has 1 aliphatic rings. The average molecular weight is 403 g/mol. The molecular weight excluding hydrogens is 381 g/mol. The van der Waals surface area contributed by atoms with Crippen molar-refractivity contribution >= 4 is 28.9 Å². The maximum Gasteiger partial charge on any atom is 0.430 e. The minimum atomic E-state index is -4.79. The summed E-state index contributed by atoms with van der Waals surface area (Å²) in [5.41, 5.74) is 9.48. The second kappa shape index (κ2) is 8.65. The number of hydrogen-bond acceptors (Lipinski definition) is 4. The number of nitrogen functional groups attached to an aromatic ring is 1. The molecule has 148 valence electrons. The van der Waals surface area contributed by atoms with Gasteiger partial charge in [0, 0.05) is 23.3 Å². The Kier molecular flexibility index (Phi) is 6.75. The van der Waals surface area contributed by atoms with Gasteiger partial charge in [-0.2, -0.15) is 13.2 Å². The number of nitrogens with one attached hydrogen (secondary N) is 1. The first-order valence-corrected chi connectivity index (χ1v) is 8.95. The highest BCUT2D eigenvalue weighted by molar-refractivity contribution is 6.42. The van der Waals surface area contributed by atoms with E-state index >= 15 is 0 Å². The Hall–Kier alpha value is -2.22. The van der Waals surface area contributed by atoms with E-state index in [-0.39, 0.29) is 12.6 Å². The number of halogens is 4. The second-order valence-corrected chi connectivity index (χ2v) is 6.99. The Labute approximate surface area is 160 Å². The van der Waals surface area contributed by atoms with Crippen LogP contribution in [0.1, 0.15) is 37.7 Å². The maximum atomic E-state index is 12.8. The summed E-state index contributed by atoms with van der Waals surface area (Å²) in [7, 11) is 0. The smallest absolute Gasteiger partial charge is 0.399 e. The quantitative estimate of drug-likeness (QED) is 0.512. The molecule has 0 saturated heterocycles. The van der Waals surface area contributed by atoms with E-state index in [1.165, 1.54) is 4.90 Å². The van der Waals surface area contributed by atoms with Gasteiger partial charge >= 0.3 is 6.18 Å². The zero-order valence-electron chi connectivity index (χ0n) is 14.7. The summed E-state index contributed by atoms with van der Waals surface area (Å²) in [6.07, 6.45) is -0.136. The molecule has 1 aromatic rings. The number of nitrogens with zero attached hydrogens (tertiary/aromatic N) is 1. The number of hydrogen-bond donors (Lipinski definition) is 3. The number of allylic oxidation sites excluding steroid dienone is 1. The van der Waals surface area contributed by atoms with Crippen molar-refractivity contribution in [2.24, 2.45) is 5.73 Å². The number of anilines is 1. The van der Waals surface area contributed by atoms with Crippen molar-refractivity contribution in [3.05, 3.63) is 40.6 Å². The Bertz CT molecular complexity index is 743. The van der Waals surface area contributed by atoms with Crippen molar-refractivity contribution in [1.82, 2.24) is 4.90 Å². The third-order valence-electron chi connectivity index (χ3n) is 4.54. The summed E-state index contributed by atoms with van der Waals surface area (Å²) in [5.74, 6) is -0.812. The molecule has 0 unspecified atom stereocenters. The van der Waals surface area contributed by atoms with E-state index in [9.17, 15) is 18.0 Å². The lowest BCUT2D eigenvalue weighted by Crippen LogP contribution is -2.44. The highest BCUT2D eigenvalue weighted by Crippen LogP contribution is 2.28. The SMILES string of the molecule is N=C(C=C(N)C(F)(F)F)C(=O)N(Cc1cc(N)ccc1Cl)C1CCCCC1. The largest absolute Gasteiger partial charge is 0.430 e. The number of nitrogens with two attached hydrogens (primary N) is 2. The van der Waals surface area contributed by atoms with Crippen LogP contribution in [-0.4, -0.2) is 28.7 Å². The zero-order valence-corrected chi connectivity index (χ0v) is 15.4. The van der Waals surface area contributed by atoms with Crippen LogP contribution in [0.25, 0.3) is 0 Å². The molecule has 5 N–H and O–H groups in total. The van der Waals surface area contributed by atoms with Gasteiger partial charge in [0.05, 0.1) is 0 Å². The highest BCUT2D eigenvalue weighted by Gasteiger charge is 2.33. The lowest BCUT2D eigenvalue weighted by Gasteiger charge is -2.34. The van der Waals surface area contributed by atoms with Crippen LogP contribution < -0.4 is 11.5 Å². The van der Waals surface area contributed by atoms with Gasteiger partial charge in [-0.1, -0.05) is 30.9 Å². The fourth-order valence-electron chi connectivity index (χ4n) is 3.11. The topological polar surface area (TPSA) is 96.2 Å². The summed E-state index contributed by atoms with van der Waals surface area (Å²) < 4.78 is 37.9. The molecule has 0 spiro atoms. The molecule has 0 aliphatic heterocycles. The van der Waals surface area contributed by atoms with E-state index in [4.69, 9.17) is 28.5 Å². The first-order chi connectivity index (χ1) is 12.6. The predicted octanol–water partition coefficient (Wildman–Crippen LogP) is 4.01. The summed E-state index contributed by atoms with van der Waals surface area (Å²) in [5, 5.41) is 8.21. The minimum Gasteiger partial charge on any atom is -0.399 e. The normalized spacial score (nSPS) is 16.2. The van der Waals surface area contributed by atoms with E-state index in [1.807, 2.05) is 0 Å². The molecule has 1 aliphatic carbocycles. The molecule has 0 aromatic heterocycles. The Morgan fingerprint density at radius 1 is 1.30 bits per heavy atom. The lowest BCUT2D eigenvalue weighted by molar-refractivity contribution is -0.127. The van der Waals surface area contributed by atoms with Crippen molar-refractivity contribution in [2.75, 3.05) is 5.73 Å². The van der Waals surface area contributed by atoms with Gasteiger partial charge in [-0.15, -0.1) is 0 Å². The molecule has 5 nitrogen and oxygen atoms in total. The van der Waals surface area contributed by atoms with Crippen LogP contribution >= 0.6 is 11.6 Å². The van der Waals surface area contributed by atoms with Crippen LogP contribution in [0.5, 0.6) is 0 Å². The van der Waals surface area contributed by atoms with Gasteiger partial charge in [0.1, 0.15) is 11.4 Å². The summed E-state index contributed by atoms with van der Waals surface area (Å²) in [6.45, 7) is 0.0650. The van der Waals surface area contributed by atoms with Gasteiger partial charge in [0.2, 0.25) is 0 Å². The van der Waals surface area contributed by atoms with Crippen LogP contribution in [0.4, 0.5) is 18.9 Å². The molecule has 1 amide bonds. The Morgan fingerprint density at radius 3 is 2.52 bits per heavy atom. The third kappa shape index (κ3) is 5.63. The minimum absolute atomic E-state index is 0.0650. The molecule has 1 aromatic carbocycles.